The van der Waals surface area contributed by atoms with Gasteiger partial charge in [-0.1, -0.05) is 30.7 Å². The number of aryl methyl sites for hydroxylation is 1. The Morgan fingerprint density at radius 1 is 1.32 bits per heavy atom. The van der Waals surface area contributed by atoms with Gasteiger partial charge in [0.1, 0.15) is 6.04 Å². The second-order valence-electron chi connectivity index (χ2n) is 5.62. The molecule has 1 aromatic heterocycles. The standard InChI is InChI=1S/C15H19N5O2/c1-19-17-14(16-18-19)12-7-5-11(6-8-12)10-20-9-3-2-4-13(20)15(21)22/h5-8,13H,2-4,9-10H2,1H3,(H,21,22). The van der Waals surface area contributed by atoms with Crippen molar-refractivity contribution in [1.82, 2.24) is 25.1 Å². The van der Waals surface area contributed by atoms with Crippen LogP contribution >= 0.6 is 0 Å². The molecule has 2 aromatic rings. The van der Waals surface area contributed by atoms with Gasteiger partial charge in [-0.15, -0.1) is 10.2 Å². The third-order valence-electron chi connectivity index (χ3n) is 4.00. The second kappa shape index (κ2) is 6.23. The molecule has 1 N–H and O–H groups in total. The van der Waals surface area contributed by atoms with Crippen molar-refractivity contribution in [2.45, 2.75) is 31.8 Å². The largest absolute Gasteiger partial charge is 0.480 e. The van der Waals surface area contributed by atoms with Crippen LogP contribution in [0.15, 0.2) is 24.3 Å². The lowest BCUT2D eigenvalue weighted by Crippen LogP contribution is -2.43. The Bertz CT molecular complexity index is 652. The lowest BCUT2D eigenvalue weighted by atomic mass is 10.0. The van der Waals surface area contributed by atoms with Gasteiger partial charge < -0.3 is 5.11 Å². The van der Waals surface area contributed by atoms with Crippen LogP contribution in [0, 0.1) is 0 Å². The summed E-state index contributed by atoms with van der Waals surface area (Å²) in [6.45, 7) is 1.50. The van der Waals surface area contributed by atoms with Crippen LogP contribution < -0.4 is 0 Å². The molecule has 0 radical (unpaired) electrons. The average molecular weight is 301 g/mol. The fraction of sp³-hybridized carbons (Fsp3) is 0.467. The van der Waals surface area contributed by atoms with Crippen LogP contribution in [0.4, 0.5) is 0 Å². The number of nitrogens with zero attached hydrogens (tertiary/aromatic N) is 5. The van der Waals surface area contributed by atoms with Gasteiger partial charge in [-0.3, -0.25) is 9.69 Å². The topological polar surface area (TPSA) is 84.1 Å². The van der Waals surface area contributed by atoms with Gasteiger partial charge in [-0.2, -0.15) is 4.80 Å². The Morgan fingerprint density at radius 3 is 2.73 bits per heavy atom. The summed E-state index contributed by atoms with van der Waals surface area (Å²) in [5.41, 5.74) is 2.01. The number of piperidine rings is 1. The minimum atomic E-state index is -0.722. The van der Waals surface area contributed by atoms with Crippen molar-refractivity contribution in [1.29, 1.82) is 0 Å². The van der Waals surface area contributed by atoms with Gasteiger partial charge in [0.15, 0.2) is 0 Å². The number of likely N-dealkylation sites (tertiary alicyclic amines) is 1. The Labute approximate surface area is 128 Å². The molecular weight excluding hydrogens is 282 g/mol. The zero-order chi connectivity index (χ0) is 15.5. The van der Waals surface area contributed by atoms with Gasteiger partial charge in [0.05, 0.1) is 7.05 Å². The Kier molecular flexibility index (Phi) is 4.15. The maximum Gasteiger partial charge on any atom is 0.320 e. The number of tetrazole rings is 1. The number of carboxylic acid groups (broad SMARTS) is 1. The smallest absolute Gasteiger partial charge is 0.320 e. The van der Waals surface area contributed by atoms with E-state index >= 15 is 0 Å². The number of rotatable bonds is 4. The van der Waals surface area contributed by atoms with Gasteiger partial charge in [-0.05, 0) is 30.2 Å². The molecule has 2 heterocycles. The summed E-state index contributed by atoms with van der Waals surface area (Å²) < 4.78 is 0. The molecule has 0 aliphatic carbocycles. The van der Waals surface area contributed by atoms with Crippen LogP contribution in [0.2, 0.25) is 0 Å². The maximum atomic E-state index is 11.3. The highest BCUT2D eigenvalue weighted by Crippen LogP contribution is 2.21. The Balaban J connectivity index is 1.71. The molecule has 0 spiro atoms. The number of hydrogen-bond acceptors (Lipinski definition) is 5. The van der Waals surface area contributed by atoms with E-state index in [-0.39, 0.29) is 6.04 Å². The van der Waals surface area contributed by atoms with Gasteiger partial charge in [0.2, 0.25) is 5.82 Å². The molecule has 1 aliphatic rings. The fourth-order valence-electron chi connectivity index (χ4n) is 2.85. The molecule has 3 rings (SSSR count). The van der Waals surface area contributed by atoms with Crippen molar-refractivity contribution in [3.8, 4) is 11.4 Å². The molecule has 116 valence electrons. The summed E-state index contributed by atoms with van der Waals surface area (Å²) in [7, 11) is 1.73. The van der Waals surface area contributed by atoms with Crippen molar-refractivity contribution in [3.63, 3.8) is 0 Å². The molecule has 0 bridgehead atoms. The molecule has 1 atom stereocenters. The molecule has 1 saturated heterocycles. The lowest BCUT2D eigenvalue weighted by molar-refractivity contribution is -0.144. The second-order valence-corrected chi connectivity index (χ2v) is 5.62. The van der Waals surface area contributed by atoms with Crippen LogP contribution in [0.3, 0.4) is 0 Å². The monoisotopic (exact) mass is 301 g/mol. The number of aliphatic carboxylic acids is 1. The highest BCUT2D eigenvalue weighted by atomic mass is 16.4. The average Bonchev–Trinajstić information content (AvgIpc) is 2.95. The fourth-order valence-corrected chi connectivity index (χ4v) is 2.85. The first-order valence-corrected chi connectivity index (χ1v) is 7.43. The van der Waals surface area contributed by atoms with Crippen molar-refractivity contribution in [3.05, 3.63) is 29.8 Å². The molecule has 1 fully saturated rings. The van der Waals surface area contributed by atoms with Crippen molar-refractivity contribution < 1.29 is 9.90 Å². The van der Waals surface area contributed by atoms with Crippen LogP contribution in [0.25, 0.3) is 11.4 Å². The first kappa shape index (κ1) is 14.6. The van der Waals surface area contributed by atoms with Gasteiger partial charge in [-0.25, -0.2) is 0 Å². The minimum Gasteiger partial charge on any atom is -0.480 e. The van der Waals surface area contributed by atoms with Crippen LogP contribution in [0.5, 0.6) is 0 Å². The third kappa shape index (κ3) is 3.14. The predicted molar refractivity (Wildman–Crippen MR) is 79.9 cm³/mol. The quantitative estimate of drug-likeness (QED) is 0.917. The lowest BCUT2D eigenvalue weighted by Gasteiger charge is -2.32. The van der Waals surface area contributed by atoms with E-state index in [0.29, 0.717) is 12.4 Å². The van der Waals surface area contributed by atoms with Crippen LogP contribution in [0.1, 0.15) is 24.8 Å². The summed E-state index contributed by atoms with van der Waals surface area (Å²) in [6, 6.07) is 7.53. The molecule has 0 saturated carbocycles. The molecule has 7 nitrogen and oxygen atoms in total. The number of carbonyl (C=O) groups is 1. The van der Waals surface area contributed by atoms with E-state index in [9.17, 15) is 9.90 Å². The molecular formula is C15H19N5O2. The summed E-state index contributed by atoms with van der Waals surface area (Å²) in [5.74, 6) is -0.129. The highest BCUT2D eigenvalue weighted by molar-refractivity contribution is 5.73. The normalized spacial score (nSPS) is 19.2. The Hall–Kier alpha value is -2.28. The summed E-state index contributed by atoms with van der Waals surface area (Å²) in [5, 5.41) is 21.3. The molecule has 22 heavy (non-hydrogen) atoms. The van der Waals surface area contributed by atoms with E-state index in [4.69, 9.17) is 0 Å². The van der Waals surface area contributed by atoms with E-state index in [1.807, 2.05) is 29.2 Å². The van der Waals surface area contributed by atoms with E-state index in [2.05, 4.69) is 15.4 Å². The SMILES string of the molecule is Cn1nnc(-c2ccc(CN3CCCCC3C(=O)O)cc2)n1. The molecule has 0 amide bonds. The van der Waals surface area contributed by atoms with Crippen molar-refractivity contribution in [2.75, 3.05) is 6.54 Å². The van der Waals surface area contributed by atoms with Gasteiger partial charge in [0, 0.05) is 12.1 Å². The predicted octanol–water partition coefficient (Wildman–Crippen LogP) is 1.32. The van der Waals surface area contributed by atoms with Gasteiger partial charge >= 0.3 is 5.97 Å². The van der Waals surface area contributed by atoms with E-state index in [0.717, 1.165) is 36.9 Å². The summed E-state index contributed by atoms with van der Waals surface area (Å²) >= 11 is 0. The van der Waals surface area contributed by atoms with E-state index in [1.165, 1.54) is 4.80 Å². The maximum absolute atomic E-state index is 11.3. The van der Waals surface area contributed by atoms with Crippen molar-refractivity contribution >= 4 is 5.97 Å². The van der Waals surface area contributed by atoms with Gasteiger partial charge in [0.25, 0.3) is 0 Å². The van der Waals surface area contributed by atoms with Crippen molar-refractivity contribution in [2.24, 2.45) is 7.05 Å². The first-order valence-electron chi connectivity index (χ1n) is 7.43. The highest BCUT2D eigenvalue weighted by Gasteiger charge is 2.28. The molecule has 7 heteroatoms. The third-order valence-corrected chi connectivity index (χ3v) is 4.00. The molecule has 1 unspecified atom stereocenters. The summed E-state index contributed by atoms with van der Waals surface area (Å²) in [6.07, 6.45) is 2.78. The van der Waals surface area contributed by atoms with E-state index in [1.54, 1.807) is 7.05 Å². The van der Waals surface area contributed by atoms with Crippen LogP contribution in [-0.4, -0.2) is 48.8 Å². The number of hydrogen-bond donors (Lipinski definition) is 1. The van der Waals surface area contributed by atoms with E-state index < -0.39 is 5.97 Å². The Morgan fingerprint density at radius 2 is 2.09 bits per heavy atom. The van der Waals surface area contributed by atoms with Crippen LogP contribution in [-0.2, 0) is 18.4 Å². The molecule has 1 aromatic carbocycles. The number of benzene rings is 1. The number of carboxylic acids is 1. The molecule has 1 aliphatic heterocycles. The number of aromatic nitrogens is 4. The zero-order valence-electron chi connectivity index (χ0n) is 12.5. The summed E-state index contributed by atoms with van der Waals surface area (Å²) in [4.78, 5) is 14.8. The minimum absolute atomic E-state index is 0.366. The zero-order valence-corrected chi connectivity index (χ0v) is 12.5. The first-order chi connectivity index (χ1) is 10.6.